The van der Waals surface area contributed by atoms with Crippen LogP contribution in [0.3, 0.4) is 0 Å². The Kier molecular flexibility index (Phi) is 6.24. The van der Waals surface area contributed by atoms with E-state index in [9.17, 15) is 13.6 Å². The molecule has 0 saturated carbocycles. The van der Waals surface area contributed by atoms with E-state index in [-0.39, 0.29) is 23.7 Å². The van der Waals surface area contributed by atoms with E-state index in [2.05, 4.69) is 38.1 Å². The fraction of sp³-hybridized carbons (Fsp3) is 0.346. The molecule has 0 radical (unpaired) electrons. The average molecular weight is 464 g/mol. The smallest absolute Gasteiger partial charge is 0.253 e. The number of halogens is 2. The summed E-state index contributed by atoms with van der Waals surface area (Å²) in [6, 6.07) is 9.35. The van der Waals surface area contributed by atoms with E-state index in [0.717, 1.165) is 50.5 Å². The number of rotatable bonds is 6. The summed E-state index contributed by atoms with van der Waals surface area (Å²) in [6.07, 6.45) is 3.40. The fourth-order valence-electron chi connectivity index (χ4n) is 4.77. The van der Waals surface area contributed by atoms with Crippen molar-refractivity contribution in [2.75, 3.05) is 37.6 Å². The van der Waals surface area contributed by atoms with E-state index in [4.69, 9.17) is 0 Å². The number of aromatic nitrogens is 2. The van der Waals surface area contributed by atoms with Gasteiger partial charge in [-0.3, -0.25) is 14.7 Å². The summed E-state index contributed by atoms with van der Waals surface area (Å²) < 4.78 is 28.9. The van der Waals surface area contributed by atoms with Crippen LogP contribution in [0.4, 0.5) is 14.5 Å². The second-order valence-electron chi connectivity index (χ2n) is 8.78. The summed E-state index contributed by atoms with van der Waals surface area (Å²) in [5, 5.41) is 2.76. The van der Waals surface area contributed by atoms with Gasteiger partial charge >= 0.3 is 0 Å². The highest BCUT2D eigenvalue weighted by molar-refractivity contribution is 5.99. The molecule has 1 N–H and O–H groups in total. The zero-order chi connectivity index (χ0) is 23.7. The molecule has 1 fully saturated rings. The molecule has 3 aromatic rings. The maximum Gasteiger partial charge on any atom is 0.253 e. The average Bonchev–Trinajstić information content (AvgIpc) is 3.21. The monoisotopic (exact) mass is 463 g/mol. The third-order valence-corrected chi connectivity index (χ3v) is 6.50. The van der Waals surface area contributed by atoms with Crippen LogP contribution >= 0.6 is 0 Å². The number of carbonyl (C=O) groups excluding carboxylic acids is 1. The lowest BCUT2D eigenvalue weighted by atomic mass is 9.98. The fourth-order valence-corrected chi connectivity index (χ4v) is 4.77. The summed E-state index contributed by atoms with van der Waals surface area (Å²) in [4.78, 5) is 26.3. The lowest BCUT2D eigenvalue weighted by Gasteiger charge is -2.35. The lowest BCUT2D eigenvalue weighted by molar-refractivity contribution is 0.0965. The minimum Gasteiger partial charge on any atom is -0.368 e. The number of nitrogens with one attached hydrogen (secondary N) is 1. The molecule has 1 amide bonds. The van der Waals surface area contributed by atoms with E-state index >= 15 is 0 Å². The summed E-state index contributed by atoms with van der Waals surface area (Å²) in [7, 11) is 0. The Balaban J connectivity index is 1.40. The largest absolute Gasteiger partial charge is 0.368 e. The normalized spacial score (nSPS) is 16.0. The highest BCUT2D eigenvalue weighted by atomic mass is 19.1. The number of nitrogens with zero attached hydrogens (tertiary/aromatic N) is 4. The van der Waals surface area contributed by atoms with Gasteiger partial charge in [0.15, 0.2) is 0 Å². The first-order chi connectivity index (χ1) is 16.5. The maximum absolute atomic E-state index is 14.4. The van der Waals surface area contributed by atoms with Gasteiger partial charge in [0.1, 0.15) is 11.6 Å². The number of pyridine rings is 2. The summed E-state index contributed by atoms with van der Waals surface area (Å²) in [5.74, 6) is -1.59. The third-order valence-electron chi connectivity index (χ3n) is 6.50. The van der Waals surface area contributed by atoms with Crippen LogP contribution in [0.25, 0.3) is 11.3 Å². The van der Waals surface area contributed by atoms with Gasteiger partial charge in [-0.25, -0.2) is 13.8 Å². The molecule has 2 aromatic heterocycles. The molecule has 2 aliphatic rings. The molecule has 8 heteroatoms. The lowest BCUT2D eigenvalue weighted by Crippen LogP contribution is -2.46. The molecule has 34 heavy (non-hydrogen) atoms. The summed E-state index contributed by atoms with van der Waals surface area (Å²) in [6.45, 7) is 7.60. The van der Waals surface area contributed by atoms with Crippen LogP contribution in [0.2, 0.25) is 0 Å². The van der Waals surface area contributed by atoms with E-state index in [0.29, 0.717) is 23.2 Å². The van der Waals surface area contributed by atoms with Crippen LogP contribution in [-0.4, -0.2) is 53.5 Å². The Labute approximate surface area is 197 Å². The van der Waals surface area contributed by atoms with Gasteiger partial charge in [0.05, 0.1) is 40.9 Å². The molecule has 2 aliphatic heterocycles. The van der Waals surface area contributed by atoms with Crippen molar-refractivity contribution in [2.45, 2.75) is 26.3 Å². The zero-order valence-electron chi connectivity index (χ0n) is 19.2. The van der Waals surface area contributed by atoms with Gasteiger partial charge in [-0.2, -0.15) is 0 Å². The van der Waals surface area contributed by atoms with Gasteiger partial charge in [-0.05, 0) is 48.9 Å². The molecular formula is C26H27F2N5O. The van der Waals surface area contributed by atoms with E-state index in [1.165, 1.54) is 18.2 Å². The van der Waals surface area contributed by atoms with Crippen LogP contribution in [-0.2, 0) is 13.0 Å². The van der Waals surface area contributed by atoms with Crippen LogP contribution in [0.1, 0.15) is 40.7 Å². The minimum absolute atomic E-state index is 0.183. The van der Waals surface area contributed by atoms with Crippen molar-refractivity contribution >= 4 is 11.6 Å². The molecule has 0 unspecified atom stereocenters. The standard InChI is InChI=1S/C26H27F2N5O/c1-2-8-32-9-11-33(12-10-32)19-7-6-18(29-15-19)13-17-14-22(25-20(27)4-3-5-21(25)28)31-23-16-30-26(34)24(17)23/h3-7,14-15H,2,8-13,16H2,1H3,(H,30,34). The quantitative estimate of drug-likeness (QED) is 0.603. The molecule has 0 bridgehead atoms. The number of hydrogen-bond donors (Lipinski definition) is 1. The number of carbonyl (C=O) groups is 1. The van der Waals surface area contributed by atoms with Crippen molar-refractivity contribution in [3.05, 3.63) is 76.7 Å². The first-order valence-electron chi connectivity index (χ1n) is 11.7. The van der Waals surface area contributed by atoms with Crippen LogP contribution in [0, 0.1) is 11.6 Å². The zero-order valence-corrected chi connectivity index (χ0v) is 19.2. The SMILES string of the molecule is CCCN1CCN(c2ccc(Cc3cc(-c4c(F)cccc4F)nc4c3C(=O)NC4)nc2)CC1. The Morgan fingerprint density at radius 3 is 2.47 bits per heavy atom. The molecule has 1 saturated heterocycles. The summed E-state index contributed by atoms with van der Waals surface area (Å²) >= 11 is 0. The molecule has 176 valence electrons. The molecule has 6 nitrogen and oxygen atoms in total. The Morgan fingerprint density at radius 1 is 1.03 bits per heavy atom. The van der Waals surface area contributed by atoms with Gasteiger partial charge < -0.3 is 10.2 Å². The van der Waals surface area contributed by atoms with Gasteiger partial charge in [0.25, 0.3) is 5.91 Å². The van der Waals surface area contributed by atoms with Crippen molar-refractivity contribution in [2.24, 2.45) is 0 Å². The maximum atomic E-state index is 14.4. The summed E-state index contributed by atoms with van der Waals surface area (Å²) in [5.41, 5.74) is 3.48. The van der Waals surface area contributed by atoms with Crippen molar-refractivity contribution in [3.8, 4) is 11.3 Å². The predicted octanol–water partition coefficient (Wildman–Crippen LogP) is 3.79. The second-order valence-corrected chi connectivity index (χ2v) is 8.78. The molecular weight excluding hydrogens is 436 g/mol. The van der Waals surface area contributed by atoms with Crippen LogP contribution in [0.5, 0.6) is 0 Å². The van der Waals surface area contributed by atoms with Gasteiger partial charge in [-0.1, -0.05) is 13.0 Å². The Morgan fingerprint density at radius 2 is 1.79 bits per heavy atom. The second kappa shape index (κ2) is 9.46. The number of fused-ring (bicyclic) bond motifs is 1. The van der Waals surface area contributed by atoms with Crippen LogP contribution < -0.4 is 10.2 Å². The first kappa shape index (κ1) is 22.4. The molecule has 0 atom stereocenters. The minimum atomic E-state index is -0.683. The van der Waals surface area contributed by atoms with Crippen LogP contribution in [0.15, 0.2) is 42.6 Å². The number of amides is 1. The number of anilines is 1. The predicted molar refractivity (Wildman–Crippen MR) is 127 cm³/mol. The number of piperazine rings is 1. The first-order valence-corrected chi connectivity index (χ1v) is 11.7. The Hall–Kier alpha value is -3.39. The van der Waals surface area contributed by atoms with Gasteiger partial charge in [0, 0.05) is 38.3 Å². The number of benzene rings is 1. The molecule has 4 heterocycles. The molecule has 0 aliphatic carbocycles. The van der Waals surface area contributed by atoms with Crippen molar-refractivity contribution < 1.29 is 13.6 Å². The van der Waals surface area contributed by atoms with Crippen molar-refractivity contribution in [3.63, 3.8) is 0 Å². The van der Waals surface area contributed by atoms with E-state index < -0.39 is 11.6 Å². The van der Waals surface area contributed by atoms with Crippen molar-refractivity contribution in [1.29, 1.82) is 0 Å². The van der Waals surface area contributed by atoms with Crippen molar-refractivity contribution in [1.82, 2.24) is 20.2 Å². The van der Waals surface area contributed by atoms with E-state index in [1.807, 2.05) is 12.3 Å². The highest BCUT2D eigenvalue weighted by Gasteiger charge is 2.27. The number of hydrogen-bond acceptors (Lipinski definition) is 5. The van der Waals surface area contributed by atoms with Gasteiger partial charge in [-0.15, -0.1) is 0 Å². The molecule has 0 spiro atoms. The molecule has 5 rings (SSSR count). The Bertz CT molecular complexity index is 1190. The van der Waals surface area contributed by atoms with Gasteiger partial charge in [0.2, 0.25) is 0 Å². The van der Waals surface area contributed by atoms with E-state index in [1.54, 1.807) is 6.07 Å². The molecule has 1 aromatic carbocycles. The highest BCUT2D eigenvalue weighted by Crippen LogP contribution is 2.30. The third kappa shape index (κ3) is 4.37. The topological polar surface area (TPSA) is 61.4 Å².